The van der Waals surface area contributed by atoms with E-state index in [0.29, 0.717) is 0 Å². The molecule has 0 saturated heterocycles. The molecule has 1 aliphatic rings. The van der Waals surface area contributed by atoms with Crippen LogP contribution in [0.4, 0.5) is 11.4 Å². The molecule has 0 bridgehead atoms. The van der Waals surface area contributed by atoms with Gasteiger partial charge in [-0.25, -0.2) is 0 Å². The summed E-state index contributed by atoms with van der Waals surface area (Å²) in [5.74, 6) is 0. The van der Waals surface area contributed by atoms with Crippen molar-refractivity contribution in [3.63, 3.8) is 0 Å². The van der Waals surface area contributed by atoms with Gasteiger partial charge < -0.3 is 5.73 Å². The van der Waals surface area contributed by atoms with Crippen molar-refractivity contribution < 1.29 is 0 Å². The van der Waals surface area contributed by atoms with Crippen LogP contribution in [-0.2, 0) is 6.42 Å². The molecule has 2 N–H and O–H groups in total. The Kier molecular flexibility index (Phi) is 1.01. The number of fused-ring (bicyclic) bond motifs is 1. The fraction of sp³-hybridized carbons (Fsp3) is 0.125. The molecule has 0 unspecified atom stereocenters. The number of benzene rings is 1. The van der Waals surface area contributed by atoms with Gasteiger partial charge in [-0.3, -0.25) is 0 Å². The van der Waals surface area contributed by atoms with E-state index in [1.807, 2.05) is 24.4 Å². The fourth-order valence-corrected chi connectivity index (χ4v) is 1.12. The topological polar surface area (TPSA) is 40.1 Å². The van der Waals surface area contributed by atoms with E-state index in [0.717, 1.165) is 17.8 Å². The zero-order chi connectivity index (χ0) is 6.97. The monoisotopic (exact) mass is 132 g/mol. The van der Waals surface area contributed by atoms with Crippen molar-refractivity contribution in [1.29, 1.82) is 0 Å². The normalized spacial score (nSPS) is 13.6. The fourth-order valence-electron chi connectivity index (χ4n) is 1.12. The third-order valence-electron chi connectivity index (χ3n) is 1.65. The molecule has 1 aromatic carbocycles. The number of nitrogens with two attached hydrogens (primary N) is 1. The lowest BCUT2D eigenvalue weighted by Gasteiger charge is -1.89. The molecule has 0 atom stereocenters. The largest absolute Gasteiger partial charge is 0.399 e. The van der Waals surface area contributed by atoms with Gasteiger partial charge in [0.25, 0.3) is 5.69 Å². The first kappa shape index (κ1) is 5.47. The Bertz CT molecular complexity index is 289. The molecule has 2 heteroatoms. The summed E-state index contributed by atoms with van der Waals surface area (Å²) < 4.78 is 0. The SMILES string of the molecule is Nc1ccc2c(c1)[N+]=CC2. The molecule has 2 nitrogen and oxygen atoms in total. The lowest BCUT2D eigenvalue weighted by molar-refractivity contribution is 1.38. The highest BCUT2D eigenvalue weighted by Gasteiger charge is 2.16. The lowest BCUT2D eigenvalue weighted by atomic mass is 10.1. The summed E-state index contributed by atoms with van der Waals surface area (Å²) in [5, 5.41) is 0. The Morgan fingerprint density at radius 3 is 3.20 bits per heavy atom. The molecule has 10 heavy (non-hydrogen) atoms. The highest BCUT2D eigenvalue weighted by Crippen LogP contribution is 2.20. The van der Waals surface area contributed by atoms with Crippen molar-refractivity contribution in [2.24, 2.45) is 0 Å². The van der Waals surface area contributed by atoms with Gasteiger partial charge >= 0.3 is 0 Å². The van der Waals surface area contributed by atoms with Crippen LogP contribution in [0.2, 0.25) is 0 Å². The number of aliphatic imine (C=N–C) groups is 1. The van der Waals surface area contributed by atoms with Crippen LogP contribution in [0.5, 0.6) is 0 Å². The van der Waals surface area contributed by atoms with E-state index in [4.69, 9.17) is 5.73 Å². The van der Waals surface area contributed by atoms with Crippen LogP contribution in [0.15, 0.2) is 18.2 Å². The minimum atomic E-state index is 0.790. The zero-order valence-electron chi connectivity index (χ0n) is 5.54. The second-order valence-electron chi connectivity index (χ2n) is 2.40. The first-order chi connectivity index (χ1) is 4.86. The first-order valence-corrected chi connectivity index (χ1v) is 3.27. The van der Waals surface area contributed by atoms with Gasteiger partial charge in [-0.05, 0) is 12.1 Å². The molecule has 49 valence electrons. The highest BCUT2D eigenvalue weighted by atomic mass is 14.8. The van der Waals surface area contributed by atoms with Crippen LogP contribution < -0.4 is 10.7 Å². The predicted molar refractivity (Wildman–Crippen MR) is 42.4 cm³/mol. The Morgan fingerprint density at radius 1 is 1.40 bits per heavy atom. The maximum atomic E-state index is 5.56. The summed E-state index contributed by atoms with van der Waals surface area (Å²) in [6, 6.07) is 5.84. The molecule has 0 saturated carbocycles. The third-order valence-corrected chi connectivity index (χ3v) is 1.65. The van der Waals surface area contributed by atoms with Gasteiger partial charge in [0, 0.05) is 17.3 Å². The van der Waals surface area contributed by atoms with E-state index in [1.54, 1.807) is 0 Å². The van der Waals surface area contributed by atoms with Crippen molar-refractivity contribution in [3.05, 3.63) is 23.8 Å². The second-order valence-corrected chi connectivity index (χ2v) is 2.40. The maximum Gasteiger partial charge on any atom is 0.282 e. The first-order valence-electron chi connectivity index (χ1n) is 3.27. The van der Waals surface area contributed by atoms with Crippen LogP contribution in [0.1, 0.15) is 5.56 Å². The number of nitrogen functional groups attached to an aromatic ring is 1. The molecule has 0 spiro atoms. The Morgan fingerprint density at radius 2 is 2.30 bits per heavy atom. The maximum absolute atomic E-state index is 5.56. The molecule has 1 heterocycles. The van der Waals surface area contributed by atoms with E-state index in [2.05, 4.69) is 4.99 Å². The molecule has 2 rings (SSSR count). The van der Waals surface area contributed by atoms with E-state index in [-0.39, 0.29) is 0 Å². The Labute approximate surface area is 59.4 Å². The van der Waals surface area contributed by atoms with Crippen LogP contribution in [-0.4, -0.2) is 6.21 Å². The molecule has 0 aliphatic carbocycles. The quantitative estimate of drug-likeness (QED) is 0.522. The van der Waals surface area contributed by atoms with Crippen molar-refractivity contribution in [3.8, 4) is 0 Å². The van der Waals surface area contributed by atoms with Gasteiger partial charge in [0.15, 0.2) is 0 Å². The standard InChI is InChI=1S/C8H8N2/c9-7-2-1-6-3-4-10-8(6)5-7/h1-2,4-5H,3,9H2/q+1. The summed E-state index contributed by atoms with van der Waals surface area (Å²) in [6.07, 6.45) is 2.86. The van der Waals surface area contributed by atoms with Crippen molar-refractivity contribution in [1.82, 2.24) is 4.99 Å². The Balaban J connectivity index is 2.60. The van der Waals surface area contributed by atoms with E-state index in [9.17, 15) is 0 Å². The van der Waals surface area contributed by atoms with Gasteiger partial charge in [-0.1, -0.05) is 0 Å². The molecule has 0 fully saturated rings. The molecule has 0 amide bonds. The van der Waals surface area contributed by atoms with E-state index >= 15 is 0 Å². The number of hydrogen-bond acceptors (Lipinski definition) is 2. The summed E-state index contributed by atoms with van der Waals surface area (Å²) >= 11 is 0. The highest BCUT2D eigenvalue weighted by molar-refractivity contribution is 5.75. The van der Waals surface area contributed by atoms with E-state index < -0.39 is 0 Å². The number of nitrogens with zero attached hydrogens (tertiary/aromatic N) is 1. The molecule has 1 aliphatic heterocycles. The van der Waals surface area contributed by atoms with Crippen LogP contribution in [0, 0.1) is 0 Å². The third kappa shape index (κ3) is 0.692. The molecule has 1 aromatic rings. The van der Waals surface area contributed by atoms with Gasteiger partial charge in [0.1, 0.15) is 0 Å². The van der Waals surface area contributed by atoms with Crippen LogP contribution >= 0.6 is 0 Å². The summed E-state index contributed by atoms with van der Waals surface area (Å²) in [7, 11) is 0. The van der Waals surface area contributed by atoms with Gasteiger partial charge in [-0.2, -0.15) is 0 Å². The summed E-state index contributed by atoms with van der Waals surface area (Å²) in [5.41, 5.74) is 8.65. The predicted octanol–water partition coefficient (Wildman–Crippen LogP) is 0.863. The van der Waals surface area contributed by atoms with Gasteiger partial charge in [-0.15, -0.1) is 0 Å². The smallest absolute Gasteiger partial charge is 0.282 e. The van der Waals surface area contributed by atoms with Crippen LogP contribution in [0.3, 0.4) is 0 Å². The lowest BCUT2D eigenvalue weighted by Crippen LogP contribution is -1.85. The number of rotatable bonds is 0. The van der Waals surface area contributed by atoms with Crippen molar-refractivity contribution in [2.75, 3.05) is 5.73 Å². The second kappa shape index (κ2) is 1.84. The average Bonchev–Trinajstić information content (AvgIpc) is 2.33. The molecular weight excluding hydrogens is 124 g/mol. The minimum Gasteiger partial charge on any atom is -0.399 e. The molecular formula is C8H8N2+. The van der Waals surface area contributed by atoms with Crippen molar-refractivity contribution >= 4 is 17.6 Å². The van der Waals surface area contributed by atoms with Crippen molar-refractivity contribution in [2.45, 2.75) is 6.42 Å². The molecule has 0 aromatic heterocycles. The Hall–Kier alpha value is -1.31. The minimum absolute atomic E-state index is 0.790. The number of hydrogen-bond donors (Lipinski definition) is 1. The van der Waals surface area contributed by atoms with Gasteiger partial charge in [0.05, 0.1) is 11.4 Å². The average molecular weight is 132 g/mol. The van der Waals surface area contributed by atoms with Crippen LogP contribution in [0.25, 0.3) is 0 Å². The summed E-state index contributed by atoms with van der Waals surface area (Å²) in [4.78, 5) is 4.16. The van der Waals surface area contributed by atoms with E-state index in [1.165, 1.54) is 5.56 Å². The summed E-state index contributed by atoms with van der Waals surface area (Å²) in [6.45, 7) is 0. The molecule has 1 radical (unpaired) electrons. The number of anilines is 1. The zero-order valence-corrected chi connectivity index (χ0v) is 5.54. The van der Waals surface area contributed by atoms with Gasteiger partial charge in [0.2, 0.25) is 6.21 Å².